The minimum atomic E-state index is -0.496. The highest BCUT2D eigenvalue weighted by Crippen LogP contribution is 2.37. The molecule has 7 nitrogen and oxygen atoms in total. The van der Waals surface area contributed by atoms with Crippen molar-refractivity contribution in [3.63, 3.8) is 0 Å². The van der Waals surface area contributed by atoms with Crippen molar-refractivity contribution >= 4 is 17.6 Å². The Kier molecular flexibility index (Phi) is 6.35. The summed E-state index contributed by atoms with van der Waals surface area (Å²) >= 11 is 0. The number of fused-ring (bicyclic) bond motifs is 1. The van der Waals surface area contributed by atoms with Gasteiger partial charge < -0.3 is 23.8 Å². The molecule has 0 unspecified atom stereocenters. The van der Waals surface area contributed by atoms with Crippen molar-refractivity contribution in [2.75, 3.05) is 27.0 Å². The zero-order valence-corrected chi connectivity index (χ0v) is 17.5. The first kappa shape index (κ1) is 21.0. The lowest BCUT2D eigenvalue weighted by Gasteiger charge is -2.33. The molecule has 2 aliphatic heterocycles. The number of carbonyl (C=O) groups excluding carboxylic acids is 2. The average Bonchev–Trinajstić information content (AvgIpc) is 3.14. The van der Waals surface area contributed by atoms with E-state index in [1.54, 1.807) is 4.90 Å². The Hall–Kier alpha value is -2.70. The van der Waals surface area contributed by atoms with Crippen molar-refractivity contribution in [2.24, 2.45) is 5.92 Å². The number of esters is 1. The summed E-state index contributed by atoms with van der Waals surface area (Å²) in [6.07, 6.45) is 3.69. The molecule has 0 radical (unpaired) electrons. The van der Waals surface area contributed by atoms with Gasteiger partial charge in [0.1, 0.15) is 5.60 Å². The van der Waals surface area contributed by atoms with Crippen LogP contribution < -0.4 is 9.47 Å². The van der Waals surface area contributed by atoms with E-state index in [-0.39, 0.29) is 18.9 Å². The van der Waals surface area contributed by atoms with Crippen LogP contribution in [0.3, 0.4) is 0 Å². The van der Waals surface area contributed by atoms with E-state index in [1.807, 2.05) is 39.0 Å². The fourth-order valence-electron chi connectivity index (χ4n) is 3.51. The van der Waals surface area contributed by atoms with Gasteiger partial charge in [-0.1, -0.05) is 6.07 Å². The van der Waals surface area contributed by atoms with Crippen LogP contribution in [0.25, 0.3) is 5.57 Å². The summed E-state index contributed by atoms with van der Waals surface area (Å²) in [5.74, 6) is 1.36. The average molecular weight is 403 g/mol. The van der Waals surface area contributed by atoms with E-state index in [0.29, 0.717) is 30.5 Å². The Morgan fingerprint density at radius 2 is 1.86 bits per heavy atom. The lowest BCUT2D eigenvalue weighted by molar-refractivity contribution is -0.134. The van der Waals surface area contributed by atoms with Crippen LogP contribution in [-0.4, -0.2) is 49.6 Å². The quantitative estimate of drug-likeness (QED) is 0.559. The molecule has 0 atom stereocenters. The second-order valence-corrected chi connectivity index (χ2v) is 8.38. The van der Waals surface area contributed by atoms with Crippen molar-refractivity contribution in [2.45, 2.75) is 45.6 Å². The number of allylic oxidation sites excluding steroid dienone is 1. The SMILES string of the molecule is COC(=O)/C=C(/CC1CCN(C(=O)OC(C)(C)C)CC1)c1ccc2c(c1)OCO2. The zero-order chi connectivity index (χ0) is 21.0. The predicted octanol–water partition coefficient (Wildman–Crippen LogP) is 4.01. The fourth-order valence-corrected chi connectivity index (χ4v) is 3.51. The number of benzene rings is 1. The van der Waals surface area contributed by atoms with E-state index in [1.165, 1.54) is 13.2 Å². The minimum Gasteiger partial charge on any atom is -0.466 e. The molecule has 1 saturated heterocycles. The summed E-state index contributed by atoms with van der Waals surface area (Å²) in [6, 6.07) is 5.68. The van der Waals surface area contributed by atoms with E-state index in [2.05, 4.69) is 0 Å². The molecule has 0 aromatic heterocycles. The van der Waals surface area contributed by atoms with Gasteiger partial charge in [0.25, 0.3) is 0 Å². The zero-order valence-electron chi connectivity index (χ0n) is 17.5. The number of ether oxygens (including phenoxy) is 4. The van der Waals surface area contributed by atoms with E-state index in [0.717, 1.165) is 30.4 Å². The first-order valence-corrected chi connectivity index (χ1v) is 9.91. The predicted molar refractivity (Wildman–Crippen MR) is 108 cm³/mol. The second-order valence-electron chi connectivity index (χ2n) is 8.38. The molecule has 2 aliphatic rings. The van der Waals surface area contributed by atoms with Gasteiger partial charge in [-0.2, -0.15) is 0 Å². The lowest BCUT2D eigenvalue weighted by atomic mass is 9.87. The molecule has 7 heteroatoms. The maximum atomic E-state index is 12.3. The number of hydrogen-bond acceptors (Lipinski definition) is 6. The van der Waals surface area contributed by atoms with Gasteiger partial charge in [-0.25, -0.2) is 9.59 Å². The second kappa shape index (κ2) is 8.76. The Labute approximate surface area is 171 Å². The smallest absolute Gasteiger partial charge is 0.410 e. The van der Waals surface area contributed by atoms with Crippen molar-refractivity contribution in [3.05, 3.63) is 29.8 Å². The van der Waals surface area contributed by atoms with Crippen LogP contribution in [0.15, 0.2) is 24.3 Å². The molecule has 3 rings (SSSR count). The highest BCUT2D eigenvalue weighted by molar-refractivity contribution is 5.91. The summed E-state index contributed by atoms with van der Waals surface area (Å²) in [4.78, 5) is 25.9. The maximum Gasteiger partial charge on any atom is 0.410 e. The molecule has 0 N–H and O–H groups in total. The van der Waals surface area contributed by atoms with Crippen LogP contribution in [0.4, 0.5) is 4.79 Å². The summed E-state index contributed by atoms with van der Waals surface area (Å²) in [7, 11) is 1.37. The van der Waals surface area contributed by atoms with Crippen LogP contribution in [0, 0.1) is 5.92 Å². The number of amides is 1. The van der Waals surface area contributed by atoms with Crippen molar-refractivity contribution in [3.8, 4) is 11.5 Å². The van der Waals surface area contributed by atoms with Crippen LogP contribution in [-0.2, 0) is 14.3 Å². The molecule has 158 valence electrons. The maximum absolute atomic E-state index is 12.3. The van der Waals surface area contributed by atoms with Crippen LogP contribution in [0.1, 0.15) is 45.6 Å². The van der Waals surface area contributed by atoms with Crippen molar-refractivity contribution < 1.29 is 28.5 Å². The van der Waals surface area contributed by atoms with Gasteiger partial charge in [-0.15, -0.1) is 0 Å². The number of methoxy groups -OCH3 is 1. The molecule has 1 amide bonds. The van der Waals surface area contributed by atoms with E-state index in [4.69, 9.17) is 18.9 Å². The van der Waals surface area contributed by atoms with Gasteiger partial charge in [-0.3, -0.25) is 0 Å². The van der Waals surface area contributed by atoms with Crippen molar-refractivity contribution in [1.82, 2.24) is 4.90 Å². The first-order chi connectivity index (χ1) is 13.7. The van der Waals surface area contributed by atoms with Gasteiger partial charge in [0, 0.05) is 19.2 Å². The Bertz CT molecular complexity index is 787. The standard InChI is InChI=1S/C22H29NO6/c1-22(2,3)29-21(25)23-9-7-15(8-10-23)11-17(13-20(24)26-4)16-5-6-18-19(12-16)28-14-27-18/h5-6,12-13,15H,7-11,14H2,1-4H3/b17-13-. The van der Waals surface area contributed by atoms with Crippen molar-refractivity contribution in [1.29, 1.82) is 0 Å². The van der Waals surface area contributed by atoms with E-state index in [9.17, 15) is 9.59 Å². The molecule has 0 bridgehead atoms. The molecule has 1 aromatic rings. The highest BCUT2D eigenvalue weighted by Gasteiger charge is 2.28. The molecule has 1 aromatic carbocycles. The van der Waals surface area contributed by atoms with Crippen LogP contribution >= 0.6 is 0 Å². The topological polar surface area (TPSA) is 74.3 Å². The number of nitrogens with zero attached hydrogens (tertiary/aromatic N) is 1. The number of piperidine rings is 1. The number of carbonyl (C=O) groups is 2. The van der Waals surface area contributed by atoms with E-state index >= 15 is 0 Å². The summed E-state index contributed by atoms with van der Waals surface area (Å²) in [6.45, 7) is 7.10. The largest absolute Gasteiger partial charge is 0.466 e. The Balaban J connectivity index is 1.66. The van der Waals surface area contributed by atoms with Gasteiger partial charge in [-0.05, 0) is 69.2 Å². The third-order valence-electron chi connectivity index (χ3n) is 5.01. The third-order valence-corrected chi connectivity index (χ3v) is 5.01. The van der Waals surface area contributed by atoms with E-state index < -0.39 is 5.60 Å². The minimum absolute atomic E-state index is 0.206. The number of likely N-dealkylation sites (tertiary alicyclic amines) is 1. The monoisotopic (exact) mass is 403 g/mol. The molecule has 0 spiro atoms. The van der Waals surface area contributed by atoms with Gasteiger partial charge >= 0.3 is 12.1 Å². The number of rotatable bonds is 4. The Morgan fingerprint density at radius 3 is 2.52 bits per heavy atom. The lowest BCUT2D eigenvalue weighted by Crippen LogP contribution is -2.41. The van der Waals surface area contributed by atoms with Gasteiger partial charge in [0.15, 0.2) is 11.5 Å². The summed E-state index contributed by atoms with van der Waals surface area (Å²) < 4.78 is 21.1. The molecular weight excluding hydrogens is 374 g/mol. The molecule has 29 heavy (non-hydrogen) atoms. The third kappa shape index (κ3) is 5.65. The normalized spacial score (nSPS) is 17.2. The summed E-state index contributed by atoms with van der Waals surface area (Å²) in [5.41, 5.74) is 1.31. The van der Waals surface area contributed by atoms with Crippen LogP contribution in [0.5, 0.6) is 11.5 Å². The molecule has 1 fully saturated rings. The molecule has 2 heterocycles. The number of hydrogen-bond donors (Lipinski definition) is 0. The van der Waals surface area contributed by atoms with Crippen LogP contribution in [0.2, 0.25) is 0 Å². The molecule has 0 aliphatic carbocycles. The van der Waals surface area contributed by atoms with Gasteiger partial charge in [0.2, 0.25) is 6.79 Å². The summed E-state index contributed by atoms with van der Waals surface area (Å²) in [5, 5.41) is 0. The fraction of sp³-hybridized carbons (Fsp3) is 0.545. The highest BCUT2D eigenvalue weighted by atomic mass is 16.7. The molecular formula is C22H29NO6. The Morgan fingerprint density at radius 1 is 1.17 bits per heavy atom. The molecule has 0 saturated carbocycles. The van der Waals surface area contributed by atoms with Gasteiger partial charge in [0.05, 0.1) is 7.11 Å². The first-order valence-electron chi connectivity index (χ1n) is 9.91.